The first-order valence-corrected chi connectivity index (χ1v) is 16.4. The van der Waals surface area contributed by atoms with E-state index in [2.05, 4.69) is 40.4 Å². The normalized spacial score (nSPS) is 17.8. The molecule has 4 heterocycles. The van der Waals surface area contributed by atoms with Crippen LogP contribution < -0.4 is 15.0 Å². The summed E-state index contributed by atoms with van der Waals surface area (Å²) in [6, 6.07) is 18.4. The quantitative estimate of drug-likeness (QED) is 0.203. The second kappa shape index (κ2) is 13.7. The molecule has 1 aliphatic heterocycles. The van der Waals surface area contributed by atoms with Crippen LogP contribution in [0.3, 0.4) is 0 Å². The smallest absolute Gasteiger partial charge is 0.227 e. The Morgan fingerprint density at radius 1 is 1.06 bits per heavy atom. The molecule has 1 aliphatic carbocycles. The molecule has 2 aromatic carbocycles. The molecule has 0 spiro atoms. The lowest BCUT2D eigenvalue weighted by molar-refractivity contribution is 0.174. The average molecular weight is 663 g/mol. The van der Waals surface area contributed by atoms with Gasteiger partial charge in [0.1, 0.15) is 24.8 Å². The van der Waals surface area contributed by atoms with E-state index in [0.717, 1.165) is 59.2 Å². The standard InChI is InChI=1S/C37H38N6O6/c1-22-26(6-4-7-27(22)37-40-33-34(49-37)24(18-38)20-43(16-17-44)35(33)41-47-3)28-8-5-9-30-29(28)11-12-31(30)48-32-13-10-23(36(39-32)46-2)19-42-15-14-25(45)21-42/h4-10,13,20,25,31,44-45H,11-12,14-17,19,21H2,1-3H3/b41-35-/t25-,31+/m1/s1. The summed E-state index contributed by atoms with van der Waals surface area (Å²) < 4.78 is 20.0. The van der Waals surface area contributed by atoms with Crippen LogP contribution in [0.2, 0.25) is 0 Å². The summed E-state index contributed by atoms with van der Waals surface area (Å²) in [5, 5.41) is 33.5. The molecule has 49 heavy (non-hydrogen) atoms. The predicted molar refractivity (Wildman–Crippen MR) is 180 cm³/mol. The molecule has 12 heteroatoms. The third kappa shape index (κ3) is 6.12. The number of oxazole rings is 1. The van der Waals surface area contributed by atoms with Gasteiger partial charge in [-0.1, -0.05) is 35.5 Å². The number of ether oxygens (including phenoxy) is 2. The van der Waals surface area contributed by atoms with E-state index >= 15 is 0 Å². The number of likely N-dealkylation sites (tertiary alicyclic amines) is 1. The van der Waals surface area contributed by atoms with Crippen LogP contribution >= 0.6 is 0 Å². The number of β-amino-alcohol motifs (C(OH)–C–C–N with tert-alkyl or cyclic N) is 1. The minimum atomic E-state index is -0.282. The highest BCUT2D eigenvalue weighted by atomic mass is 16.6. The van der Waals surface area contributed by atoms with Crippen molar-refractivity contribution in [3.8, 4) is 40.4 Å². The van der Waals surface area contributed by atoms with Crippen molar-refractivity contribution in [2.45, 2.75) is 51.5 Å². The number of methoxy groups -OCH3 is 1. The lowest BCUT2D eigenvalue weighted by Crippen LogP contribution is -2.24. The van der Waals surface area contributed by atoms with Crippen molar-refractivity contribution in [3.05, 3.63) is 88.0 Å². The number of aliphatic hydroxyl groups excluding tert-OH is 2. The Morgan fingerprint density at radius 3 is 2.63 bits per heavy atom. The van der Waals surface area contributed by atoms with E-state index in [1.165, 1.54) is 12.7 Å². The Balaban J connectivity index is 1.20. The largest absolute Gasteiger partial charge is 0.481 e. The number of rotatable bonds is 10. The number of hydrogen-bond acceptors (Lipinski definition) is 11. The first-order chi connectivity index (χ1) is 23.9. The fourth-order valence-corrected chi connectivity index (χ4v) is 7.03. The number of benzene rings is 2. The number of pyridine rings is 2. The minimum absolute atomic E-state index is 0.144. The molecule has 1 fully saturated rings. The Morgan fingerprint density at radius 2 is 1.88 bits per heavy atom. The van der Waals surface area contributed by atoms with E-state index in [4.69, 9.17) is 28.7 Å². The van der Waals surface area contributed by atoms with Gasteiger partial charge in [-0.25, -0.2) is 4.98 Å². The van der Waals surface area contributed by atoms with Gasteiger partial charge in [-0.15, -0.1) is 0 Å². The summed E-state index contributed by atoms with van der Waals surface area (Å²) in [4.78, 5) is 16.8. The van der Waals surface area contributed by atoms with Gasteiger partial charge < -0.3 is 33.5 Å². The zero-order chi connectivity index (χ0) is 34.1. The van der Waals surface area contributed by atoms with Gasteiger partial charge in [-0.05, 0) is 66.1 Å². The molecule has 0 radical (unpaired) electrons. The van der Waals surface area contributed by atoms with Crippen molar-refractivity contribution in [2.24, 2.45) is 5.16 Å². The zero-order valence-electron chi connectivity index (χ0n) is 27.7. The fourth-order valence-electron chi connectivity index (χ4n) is 7.03. The van der Waals surface area contributed by atoms with Crippen LogP contribution in [0.25, 0.3) is 33.7 Å². The van der Waals surface area contributed by atoms with Gasteiger partial charge in [-0.2, -0.15) is 10.2 Å². The van der Waals surface area contributed by atoms with Gasteiger partial charge in [0.05, 0.1) is 19.8 Å². The molecular formula is C37H38N6O6. The number of aliphatic hydroxyl groups is 2. The van der Waals surface area contributed by atoms with Gasteiger partial charge in [0.15, 0.2) is 11.1 Å². The van der Waals surface area contributed by atoms with E-state index in [0.29, 0.717) is 47.3 Å². The van der Waals surface area contributed by atoms with Crippen LogP contribution in [0, 0.1) is 18.3 Å². The highest BCUT2D eigenvalue weighted by molar-refractivity contribution is 5.83. The second-order valence-electron chi connectivity index (χ2n) is 12.4. The molecule has 1 saturated heterocycles. The molecule has 0 unspecified atom stereocenters. The average Bonchev–Trinajstić information content (AvgIpc) is 3.85. The van der Waals surface area contributed by atoms with Crippen molar-refractivity contribution in [1.82, 2.24) is 19.4 Å². The van der Waals surface area contributed by atoms with Crippen LogP contribution in [0.15, 0.2) is 64.3 Å². The van der Waals surface area contributed by atoms with Crippen molar-refractivity contribution < 1.29 is 28.9 Å². The summed E-state index contributed by atoms with van der Waals surface area (Å²) in [7, 11) is 3.05. The molecule has 3 aromatic heterocycles. The Labute approximate surface area is 283 Å². The van der Waals surface area contributed by atoms with Crippen molar-refractivity contribution in [2.75, 3.05) is 33.9 Å². The van der Waals surface area contributed by atoms with Crippen LogP contribution in [-0.2, 0) is 24.3 Å². The monoisotopic (exact) mass is 662 g/mol. The van der Waals surface area contributed by atoms with Gasteiger partial charge >= 0.3 is 0 Å². The van der Waals surface area contributed by atoms with Crippen LogP contribution in [-0.4, -0.2) is 69.7 Å². The molecule has 0 bridgehead atoms. The topological polar surface area (TPSA) is 151 Å². The van der Waals surface area contributed by atoms with Crippen LogP contribution in [0.4, 0.5) is 0 Å². The number of nitriles is 1. The predicted octanol–water partition coefficient (Wildman–Crippen LogP) is 4.63. The van der Waals surface area contributed by atoms with Crippen LogP contribution in [0.1, 0.15) is 46.8 Å². The lowest BCUT2D eigenvalue weighted by atomic mass is 9.91. The maximum Gasteiger partial charge on any atom is 0.227 e. The number of nitrogens with zero attached hydrogens (tertiary/aromatic N) is 6. The number of fused-ring (bicyclic) bond motifs is 2. The van der Waals surface area contributed by atoms with Crippen LogP contribution in [0.5, 0.6) is 11.8 Å². The van der Waals surface area contributed by atoms with Crippen molar-refractivity contribution in [3.63, 3.8) is 0 Å². The fraction of sp³-hybridized carbons (Fsp3) is 0.351. The summed E-state index contributed by atoms with van der Waals surface area (Å²) >= 11 is 0. The zero-order valence-corrected chi connectivity index (χ0v) is 27.7. The SMILES string of the molecule is CO/N=c1/c2nc(-c3cccc(-c4cccc5c4CC[C@@H]5Oc4ccc(CN5CC[C@@H](O)C5)c(OC)n4)c3C)oc2c(C#N)cn1CCO. The summed E-state index contributed by atoms with van der Waals surface area (Å²) in [5.74, 6) is 1.40. The molecule has 2 atom stereocenters. The van der Waals surface area contributed by atoms with E-state index < -0.39 is 0 Å². The molecule has 0 saturated carbocycles. The van der Waals surface area contributed by atoms with Gasteiger partial charge in [0.2, 0.25) is 23.1 Å². The molecule has 252 valence electrons. The lowest BCUT2D eigenvalue weighted by Gasteiger charge is -2.19. The Bertz CT molecular complexity index is 2130. The first kappa shape index (κ1) is 32.3. The summed E-state index contributed by atoms with van der Waals surface area (Å²) in [6.45, 7) is 4.28. The molecule has 7 rings (SSSR count). The molecule has 12 nitrogen and oxygen atoms in total. The maximum absolute atomic E-state index is 9.92. The molecule has 2 aliphatic rings. The molecule has 0 amide bonds. The minimum Gasteiger partial charge on any atom is -0.481 e. The van der Waals surface area contributed by atoms with Gasteiger partial charge in [0, 0.05) is 49.6 Å². The van der Waals surface area contributed by atoms with E-state index in [9.17, 15) is 15.5 Å². The van der Waals surface area contributed by atoms with E-state index in [1.54, 1.807) is 17.9 Å². The Kier molecular flexibility index (Phi) is 9.05. The highest BCUT2D eigenvalue weighted by Crippen LogP contribution is 2.42. The third-order valence-corrected chi connectivity index (χ3v) is 9.36. The van der Waals surface area contributed by atoms with E-state index in [-0.39, 0.29) is 30.9 Å². The highest BCUT2D eigenvalue weighted by Gasteiger charge is 2.29. The number of aromatic nitrogens is 3. The first-order valence-electron chi connectivity index (χ1n) is 16.4. The van der Waals surface area contributed by atoms with Crippen molar-refractivity contribution in [1.29, 1.82) is 5.26 Å². The van der Waals surface area contributed by atoms with E-state index in [1.807, 2.05) is 31.2 Å². The molecule has 5 aromatic rings. The number of hydrogen-bond donors (Lipinski definition) is 2. The van der Waals surface area contributed by atoms with Gasteiger partial charge in [0.25, 0.3) is 0 Å². The van der Waals surface area contributed by atoms with Gasteiger partial charge in [-0.3, -0.25) is 4.90 Å². The maximum atomic E-state index is 9.92. The molecule has 2 N–H and O–H groups in total. The van der Waals surface area contributed by atoms with Crippen molar-refractivity contribution >= 4 is 11.1 Å². The third-order valence-electron chi connectivity index (χ3n) is 9.36. The molecular weight excluding hydrogens is 624 g/mol. The summed E-state index contributed by atoms with van der Waals surface area (Å²) in [5.41, 5.74) is 8.56. The summed E-state index contributed by atoms with van der Waals surface area (Å²) in [6.07, 6.45) is 3.57. The Hall–Kier alpha value is -5.22. The second-order valence-corrected chi connectivity index (χ2v) is 12.4.